The van der Waals surface area contributed by atoms with Gasteiger partial charge in [-0.15, -0.1) is 0 Å². The maximum atomic E-state index is 11.1. The Hall–Kier alpha value is -18.4. The van der Waals surface area contributed by atoms with Crippen LogP contribution in [0.1, 0.15) is 12.4 Å². The van der Waals surface area contributed by atoms with Crippen molar-refractivity contribution >= 4 is 120 Å². The summed E-state index contributed by atoms with van der Waals surface area (Å²) in [5.74, 6) is 1.76. The van der Waals surface area contributed by atoms with Crippen LogP contribution in [0.4, 0.5) is 5.69 Å². The Morgan fingerprint density at radius 2 is 0.710 bits per heavy atom. The second-order valence-corrected chi connectivity index (χ2v) is 34.9. The average Bonchev–Trinajstić information content (AvgIpc) is 1.50. The van der Waals surface area contributed by atoms with Gasteiger partial charge in [0.2, 0.25) is 0 Å². The zero-order valence-electron chi connectivity index (χ0n) is 84.4. The van der Waals surface area contributed by atoms with Crippen molar-refractivity contribution in [2.75, 3.05) is 0 Å². The maximum absolute atomic E-state index is 11.1. The number of nitrogens with zero attached hydrogens (tertiary/aromatic N) is 10. The van der Waals surface area contributed by atoms with Crippen molar-refractivity contribution in [1.82, 2.24) is 38.5 Å². The van der Waals surface area contributed by atoms with Crippen LogP contribution in [-0.2, 0) is 0 Å². The molecule has 0 bridgehead atoms. The van der Waals surface area contributed by atoms with Crippen LogP contribution < -0.4 is 42.8 Å². The summed E-state index contributed by atoms with van der Waals surface area (Å²) in [6, 6.07) is 160. The number of para-hydroxylation sites is 6. The van der Waals surface area contributed by atoms with Crippen molar-refractivity contribution in [1.29, 1.82) is 5.26 Å². The minimum atomic E-state index is -0.394. The van der Waals surface area contributed by atoms with Crippen molar-refractivity contribution < 1.29 is 49.7 Å². The topological polar surface area (TPSA) is 130 Å². The van der Waals surface area contributed by atoms with Crippen molar-refractivity contribution in [3.05, 3.63) is 528 Å². The summed E-state index contributed by atoms with van der Waals surface area (Å²) >= 11 is 0. The Bertz CT molecular complexity index is 9890. The van der Waals surface area contributed by atoms with Gasteiger partial charge < -0.3 is 21.7 Å². The van der Waals surface area contributed by atoms with Crippen LogP contribution in [0, 0.1) is 25.3 Å². The molecule has 0 unspecified atom stereocenters. The molecule has 0 aliphatic heterocycles. The normalized spacial score (nSPS) is 11.5. The fourth-order valence-electron chi connectivity index (χ4n) is 19.8. The fraction of sp³-hybridized carbons (Fsp3) is 0. The molecule has 0 amide bonds. The molecule has 0 atom stereocenters. The minimum absolute atomic E-state index is 0. The van der Waals surface area contributed by atoms with E-state index >= 15 is 0 Å². The first kappa shape index (κ1) is 86.9. The largest absolute Gasteiger partial charge is 1.00 e. The van der Waals surface area contributed by atoms with E-state index in [4.69, 9.17) is 38.6 Å². The van der Waals surface area contributed by atoms with E-state index in [1.54, 1.807) is 12.3 Å². The fourth-order valence-corrected chi connectivity index (χ4v) is 19.8. The molecule has 21 aromatic carbocycles. The molecule has 0 radical (unpaired) electrons. The Morgan fingerprint density at radius 3 is 1.30 bits per heavy atom. The van der Waals surface area contributed by atoms with Gasteiger partial charge in [0.05, 0.1) is 69.2 Å². The smallest absolute Gasteiger partial charge is 0.871 e. The van der Waals surface area contributed by atoms with E-state index in [0.29, 0.717) is 39.8 Å². The number of hydrogen-bond acceptors (Lipinski definition) is 7. The number of fused-ring (bicyclic) bond motifs is 18. The van der Waals surface area contributed by atoms with Crippen molar-refractivity contribution in [2.24, 2.45) is 0 Å². The van der Waals surface area contributed by atoms with E-state index < -0.39 is 6.04 Å². The first-order valence-electron chi connectivity index (χ1n) is 49.4. The third-order valence-corrected chi connectivity index (χ3v) is 26.5. The van der Waals surface area contributed by atoms with E-state index in [2.05, 4.69) is 308 Å². The second kappa shape index (κ2) is 40.8. The first-order chi connectivity index (χ1) is 72.3. The van der Waals surface area contributed by atoms with Gasteiger partial charge in [-0.1, -0.05) is 388 Å². The Kier molecular flexibility index (Phi) is 24.5. The SMILES string of the molecule is [2H]c1c([2H])c([2H])c(-c2ccc(-c3ccc4c5ccc6ccccc6c5c5nc6ccccc6n5c4c3)c3ccccc23)c([2H])c1[2H].[C-]#[N+]c1ccc(-c2cc(-c3ccc(-c4ccc(C#N)cc4)cc3)cc(-c3nc(-c4ccccc4)nc(-c4ccccc4)n3)c2)cc1.[CH3-].[Li+].[Li+].[O-]c1cccc2cccnc12.c1ccc(-c2cccc(-n3c4ccccc4c4cc(-c5ccc6c(c5)c5ccccc5n6-c5ccccc5)ccc43)c2)cc1. The zero-order chi connectivity index (χ0) is 99.3. The number of rotatable bonds is 12. The molecule has 0 saturated carbocycles. The van der Waals surface area contributed by atoms with Crippen molar-refractivity contribution in [3.63, 3.8) is 0 Å². The van der Waals surface area contributed by atoms with E-state index in [-0.39, 0.29) is 80.6 Å². The van der Waals surface area contributed by atoms with Gasteiger partial charge >= 0.3 is 37.7 Å². The van der Waals surface area contributed by atoms with Crippen LogP contribution in [0.15, 0.2) is 504 Å². The molecule has 6 heterocycles. The predicted octanol–water partition coefficient (Wildman–Crippen LogP) is 27.7. The van der Waals surface area contributed by atoms with Crippen molar-refractivity contribution in [2.45, 2.75) is 0 Å². The van der Waals surface area contributed by atoms with Gasteiger partial charge in [-0.3, -0.25) is 9.38 Å². The van der Waals surface area contributed by atoms with Crippen LogP contribution in [0.2, 0.25) is 0 Å². The summed E-state index contributed by atoms with van der Waals surface area (Å²) in [7, 11) is 0. The van der Waals surface area contributed by atoms with Gasteiger partial charge in [-0.05, 0) is 225 Å². The van der Waals surface area contributed by atoms with E-state index in [0.717, 1.165) is 116 Å². The molecule has 0 saturated heterocycles. The average molecular weight is 1850 g/mol. The van der Waals surface area contributed by atoms with Crippen LogP contribution in [0.25, 0.3) is 243 Å². The van der Waals surface area contributed by atoms with Crippen LogP contribution in [0.5, 0.6) is 5.75 Å². The molecule has 145 heavy (non-hydrogen) atoms. The summed E-state index contributed by atoms with van der Waals surface area (Å²) in [6.07, 6.45) is 1.63. The molecule has 6 aromatic heterocycles. The van der Waals surface area contributed by atoms with Gasteiger partial charge in [-0.2, -0.15) is 5.26 Å². The molecule has 27 aromatic rings. The summed E-state index contributed by atoms with van der Waals surface area (Å²) in [5.41, 5.74) is 29.4. The number of imidazole rings is 1. The van der Waals surface area contributed by atoms with Gasteiger partial charge in [0.25, 0.3) is 0 Å². The van der Waals surface area contributed by atoms with Crippen molar-refractivity contribution in [3.8, 4) is 135 Å². The molecule has 0 aliphatic carbocycles. The number of benzene rings is 21. The summed E-state index contributed by atoms with van der Waals surface area (Å²) < 4.78 is 48.8. The van der Waals surface area contributed by atoms with E-state index in [9.17, 15) is 5.11 Å². The third kappa shape index (κ3) is 18.0. The standard InChI is InChI=1S/C42H28N2.C41H25N5.C39H24N2.C9H7NO.CH3.2Li/c1-3-12-29(13-4-1)30-14-11-17-34(26-30)44-40-21-10-8-19-36(40)38-28-32(23-25-42(38)44)31-22-24-41-37(27-31)35-18-7-9-20-39(35)43(41)33-15-5-2-6-16-33;1-43-38-22-20-32(21-23-38)36-24-35(31-18-16-30(17-19-31)29-14-12-28(27-42)13-15-29)25-37(26-36)41-45-39(33-8-4-2-5-9-33)44-40(46-41)34-10-6-3-7-11-34;1-2-10-25(11-3-1)28-22-23-29(32-15-7-6-14-31(28)32)27-19-20-33-34-21-18-26-12-4-5-13-30(26)38(34)39-40-35-16-8-9-17-36(35)41(39)37(33)24-27;11-8-5-1-3-7-4-2-6-10-9(7)8;;;/h1-28H;2-26H;1-24H;1-6,11H;1H3;;/q;;;;-1;2*+1/p-1/i;;1D,2D,3D,10D,11D;;;;. The molecule has 0 aliphatic rings. The Balaban J connectivity index is 0.000000123. The van der Waals surface area contributed by atoms with Gasteiger partial charge in [0.1, 0.15) is 5.65 Å². The van der Waals surface area contributed by atoms with Crippen LogP contribution in [0.3, 0.4) is 0 Å². The quantitative estimate of drug-likeness (QED) is 0.0676. The molecule has 27 rings (SSSR count). The molecular formula is C132H86Li2N10O. The van der Waals surface area contributed by atoms with Gasteiger partial charge in [-0.25, -0.2) is 24.8 Å². The Labute approximate surface area is 870 Å². The zero-order valence-corrected chi connectivity index (χ0v) is 79.4. The van der Waals surface area contributed by atoms with Gasteiger partial charge in [0.15, 0.2) is 23.2 Å². The van der Waals surface area contributed by atoms with E-state index in [1.165, 1.54) is 94.1 Å². The third-order valence-electron chi connectivity index (χ3n) is 26.5. The molecule has 0 N–H and O–H groups in total. The molecule has 11 nitrogen and oxygen atoms in total. The van der Waals surface area contributed by atoms with Crippen LogP contribution >= 0.6 is 0 Å². The van der Waals surface area contributed by atoms with E-state index in [1.807, 2.05) is 176 Å². The molecule has 672 valence electrons. The summed E-state index contributed by atoms with van der Waals surface area (Å²) in [4.78, 5) is 27.5. The predicted molar refractivity (Wildman–Crippen MR) is 591 cm³/mol. The molecule has 13 heteroatoms. The minimum Gasteiger partial charge on any atom is -0.871 e. The van der Waals surface area contributed by atoms with Crippen LogP contribution in [-0.4, -0.2) is 38.5 Å². The summed E-state index contributed by atoms with van der Waals surface area (Å²) in [5, 5.41) is 33.7. The second-order valence-electron chi connectivity index (χ2n) is 34.9. The monoisotopic (exact) mass is 1850 g/mol. The summed E-state index contributed by atoms with van der Waals surface area (Å²) in [6.45, 7) is 7.38. The maximum Gasteiger partial charge on any atom is 1.00 e. The van der Waals surface area contributed by atoms with Gasteiger partial charge in [0, 0.05) is 66.6 Å². The number of hydrogen-bond donors (Lipinski definition) is 0. The molecule has 0 spiro atoms. The Morgan fingerprint density at radius 1 is 0.290 bits per heavy atom. The molecule has 0 fully saturated rings. The number of aromatic nitrogens is 8. The first-order valence-corrected chi connectivity index (χ1v) is 46.9. The number of pyridine rings is 2. The number of nitriles is 1. The molecular weight excluding hydrogens is 1760 g/mol.